The fourth-order valence-corrected chi connectivity index (χ4v) is 4.65. The summed E-state index contributed by atoms with van der Waals surface area (Å²) in [5.74, 6) is 0.0585. The van der Waals surface area contributed by atoms with Gasteiger partial charge in [-0.1, -0.05) is 23.8 Å². The third-order valence-corrected chi connectivity index (χ3v) is 6.42. The SMILES string of the molecule is Cc1ccc(OCCN2CCC(c3c[nH]c4c(Br)cccc34)CC2)c(C(=O)O)c1. The van der Waals surface area contributed by atoms with Gasteiger partial charge in [-0.15, -0.1) is 0 Å². The maximum absolute atomic E-state index is 11.4. The number of benzene rings is 2. The quantitative estimate of drug-likeness (QED) is 0.535. The first-order valence-corrected chi connectivity index (χ1v) is 10.8. The zero-order valence-corrected chi connectivity index (χ0v) is 18.0. The lowest BCUT2D eigenvalue weighted by Crippen LogP contribution is -2.35. The lowest BCUT2D eigenvalue weighted by atomic mass is 9.89. The molecule has 0 bridgehead atoms. The maximum Gasteiger partial charge on any atom is 0.339 e. The minimum atomic E-state index is -0.949. The second kappa shape index (κ2) is 8.59. The predicted molar refractivity (Wildman–Crippen MR) is 118 cm³/mol. The van der Waals surface area contributed by atoms with Crippen LogP contribution >= 0.6 is 15.9 Å². The molecular weight excluding hydrogens is 432 g/mol. The van der Waals surface area contributed by atoms with Crippen LogP contribution in [0.2, 0.25) is 0 Å². The molecule has 0 spiro atoms. The first-order chi connectivity index (χ1) is 14.0. The van der Waals surface area contributed by atoms with Gasteiger partial charge in [-0.05, 0) is 78.5 Å². The monoisotopic (exact) mass is 456 g/mol. The minimum absolute atomic E-state index is 0.231. The number of fused-ring (bicyclic) bond motifs is 1. The summed E-state index contributed by atoms with van der Waals surface area (Å²) < 4.78 is 6.90. The van der Waals surface area contributed by atoms with Crippen molar-refractivity contribution in [3.8, 4) is 5.75 Å². The normalized spacial score (nSPS) is 15.7. The second-order valence-corrected chi connectivity index (χ2v) is 8.53. The highest BCUT2D eigenvalue weighted by Gasteiger charge is 2.23. The van der Waals surface area contributed by atoms with Crippen LogP contribution in [0.4, 0.5) is 0 Å². The smallest absolute Gasteiger partial charge is 0.339 e. The number of carboxylic acid groups (broad SMARTS) is 1. The fraction of sp³-hybridized carbons (Fsp3) is 0.348. The minimum Gasteiger partial charge on any atom is -0.491 e. The maximum atomic E-state index is 11.4. The Morgan fingerprint density at radius 2 is 2.07 bits per heavy atom. The number of aromatic amines is 1. The number of H-pyrrole nitrogens is 1. The standard InChI is InChI=1S/C23H25BrN2O3/c1-15-5-6-21(18(13-15)23(27)28)29-12-11-26-9-7-16(8-10-26)19-14-25-22-17(19)3-2-4-20(22)24/h2-6,13-14,16,25H,7-12H2,1H3,(H,27,28). The third-order valence-electron chi connectivity index (χ3n) is 5.75. The Morgan fingerprint density at radius 1 is 1.28 bits per heavy atom. The van der Waals surface area contributed by atoms with Gasteiger partial charge in [-0.25, -0.2) is 4.79 Å². The number of carboxylic acids is 1. The fourth-order valence-electron chi connectivity index (χ4n) is 4.17. The predicted octanol–water partition coefficient (Wildman–Crippen LogP) is 5.20. The molecule has 1 aliphatic heterocycles. The zero-order valence-electron chi connectivity index (χ0n) is 16.5. The average molecular weight is 457 g/mol. The highest BCUT2D eigenvalue weighted by Crippen LogP contribution is 2.35. The van der Waals surface area contributed by atoms with Crippen LogP contribution in [-0.4, -0.2) is 47.2 Å². The van der Waals surface area contributed by atoms with Crippen LogP contribution in [0.1, 0.15) is 40.2 Å². The number of ether oxygens (including phenoxy) is 1. The number of carbonyl (C=O) groups is 1. The molecule has 2 heterocycles. The number of aromatic carboxylic acids is 1. The number of nitrogens with one attached hydrogen (secondary N) is 1. The highest BCUT2D eigenvalue weighted by atomic mass is 79.9. The van der Waals surface area contributed by atoms with Crippen LogP contribution in [0.3, 0.4) is 0 Å². The lowest BCUT2D eigenvalue weighted by Gasteiger charge is -2.31. The number of aromatic nitrogens is 1. The van der Waals surface area contributed by atoms with E-state index in [2.05, 4.69) is 50.2 Å². The number of piperidine rings is 1. The molecule has 1 aromatic heterocycles. The van der Waals surface area contributed by atoms with Crippen LogP contribution in [0.5, 0.6) is 5.75 Å². The van der Waals surface area contributed by atoms with Crippen molar-refractivity contribution in [3.63, 3.8) is 0 Å². The van der Waals surface area contributed by atoms with Crippen LogP contribution in [0.25, 0.3) is 10.9 Å². The van der Waals surface area contributed by atoms with Gasteiger partial charge in [0, 0.05) is 22.6 Å². The molecule has 3 aromatic rings. The Morgan fingerprint density at radius 3 is 2.83 bits per heavy atom. The summed E-state index contributed by atoms with van der Waals surface area (Å²) in [7, 11) is 0. The number of hydrogen-bond donors (Lipinski definition) is 2. The van der Waals surface area contributed by atoms with Crippen molar-refractivity contribution in [2.45, 2.75) is 25.7 Å². The Balaban J connectivity index is 1.32. The summed E-state index contributed by atoms with van der Waals surface area (Å²) in [6, 6.07) is 11.6. The summed E-state index contributed by atoms with van der Waals surface area (Å²) >= 11 is 3.62. The van der Waals surface area contributed by atoms with Crippen LogP contribution in [-0.2, 0) is 0 Å². The molecule has 6 heteroatoms. The second-order valence-electron chi connectivity index (χ2n) is 7.68. The van der Waals surface area contributed by atoms with E-state index in [0.29, 0.717) is 18.3 Å². The molecule has 1 saturated heterocycles. The van der Waals surface area contributed by atoms with E-state index in [1.54, 1.807) is 12.1 Å². The van der Waals surface area contributed by atoms with Gasteiger partial charge in [-0.2, -0.15) is 0 Å². The largest absolute Gasteiger partial charge is 0.491 e. The molecule has 2 N–H and O–H groups in total. The molecule has 1 aliphatic rings. The van der Waals surface area contributed by atoms with Crippen molar-refractivity contribution in [2.24, 2.45) is 0 Å². The van der Waals surface area contributed by atoms with Gasteiger partial charge >= 0.3 is 5.97 Å². The van der Waals surface area contributed by atoms with E-state index in [1.165, 1.54) is 16.5 Å². The molecule has 0 amide bonds. The zero-order chi connectivity index (χ0) is 20.4. The highest BCUT2D eigenvalue weighted by molar-refractivity contribution is 9.10. The van der Waals surface area contributed by atoms with Gasteiger partial charge < -0.3 is 14.8 Å². The Bertz CT molecular complexity index is 1020. The van der Waals surface area contributed by atoms with Gasteiger partial charge in [0.2, 0.25) is 0 Å². The van der Waals surface area contributed by atoms with E-state index in [1.807, 2.05) is 13.0 Å². The Kier molecular flexibility index (Phi) is 5.92. The molecule has 5 nitrogen and oxygen atoms in total. The molecule has 1 fully saturated rings. The van der Waals surface area contributed by atoms with Crippen molar-refractivity contribution < 1.29 is 14.6 Å². The van der Waals surface area contributed by atoms with Gasteiger partial charge in [0.25, 0.3) is 0 Å². The number of nitrogens with zero attached hydrogens (tertiary/aromatic N) is 1. The molecule has 4 rings (SSSR count). The number of likely N-dealkylation sites (tertiary alicyclic amines) is 1. The molecule has 2 aromatic carbocycles. The van der Waals surface area contributed by atoms with Crippen molar-refractivity contribution in [1.29, 1.82) is 0 Å². The number of aryl methyl sites for hydroxylation is 1. The van der Waals surface area contributed by atoms with Gasteiger partial charge in [0.1, 0.15) is 17.9 Å². The first kappa shape index (κ1) is 20.0. The topological polar surface area (TPSA) is 65.6 Å². The van der Waals surface area contributed by atoms with Crippen molar-refractivity contribution in [3.05, 3.63) is 63.8 Å². The summed E-state index contributed by atoms with van der Waals surface area (Å²) in [6.07, 6.45) is 4.39. The van der Waals surface area contributed by atoms with E-state index in [9.17, 15) is 9.90 Å². The van der Waals surface area contributed by atoms with Gasteiger partial charge in [0.15, 0.2) is 0 Å². The van der Waals surface area contributed by atoms with Crippen molar-refractivity contribution in [2.75, 3.05) is 26.2 Å². The number of para-hydroxylation sites is 1. The van der Waals surface area contributed by atoms with Crippen molar-refractivity contribution >= 4 is 32.8 Å². The molecule has 0 unspecified atom stereocenters. The van der Waals surface area contributed by atoms with Crippen molar-refractivity contribution in [1.82, 2.24) is 9.88 Å². The summed E-state index contributed by atoms with van der Waals surface area (Å²) in [5, 5.41) is 10.7. The van der Waals surface area contributed by atoms with Gasteiger partial charge in [0.05, 0.1) is 5.52 Å². The molecule has 0 atom stereocenters. The molecule has 152 valence electrons. The molecule has 0 aliphatic carbocycles. The first-order valence-electron chi connectivity index (χ1n) is 9.97. The molecular formula is C23H25BrN2O3. The molecule has 0 saturated carbocycles. The summed E-state index contributed by atoms with van der Waals surface area (Å²) in [5.41, 5.74) is 3.73. The van der Waals surface area contributed by atoms with E-state index >= 15 is 0 Å². The molecule has 29 heavy (non-hydrogen) atoms. The van der Waals surface area contributed by atoms with Crippen LogP contribution < -0.4 is 4.74 Å². The number of rotatable bonds is 6. The Hall–Kier alpha value is -2.31. The van der Waals surface area contributed by atoms with E-state index < -0.39 is 5.97 Å². The van der Waals surface area contributed by atoms with Crippen LogP contribution in [0, 0.1) is 6.92 Å². The van der Waals surface area contributed by atoms with E-state index in [0.717, 1.165) is 42.5 Å². The Labute approximate surface area is 178 Å². The average Bonchev–Trinajstić information content (AvgIpc) is 3.15. The summed E-state index contributed by atoms with van der Waals surface area (Å²) in [4.78, 5) is 17.2. The lowest BCUT2D eigenvalue weighted by molar-refractivity contribution is 0.0691. The van der Waals surface area contributed by atoms with Gasteiger partial charge in [-0.3, -0.25) is 4.90 Å². The number of halogens is 1. The molecule has 0 radical (unpaired) electrons. The number of hydrogen-bond acceptors (Lipinski definition) is 3. The third kappa shape index (κ3) is 4.33. The van der Waals surface area contributed by atoms with E-state index in [-0.39, 0.29) is 5.56 Å². The van der Waals surface area contributed by atoms with Crippen LogP contribution in [0.15, 0.2) is 47.1 Å². The van der Waals surface area contributed by atoms with E-state index in [4.69, 9.17) is 4.74 Å². The summed E-state index contributed by atoms with van der Waals surface area (Å²) in [6.45, 7) is 5.22.